The quantitative estimate of drug-likeness (QED) is 0.816. The average Bonchev–Trinajstić information content (AvgIpc) is 2.71. The first kappa shape index (κ1) is 12.2. The van der Waals surface area contributed by atoms with E-state index in [2.05, 4.69) is 11.2 Å². The van der Waals surface area contributed by atoms with Crippen molar-refractivity contribution in [1.82, 2.24) is 9.78 Å². The number of hydrogen-bond donors (Lipinski definition) is 1. The van der Waals surface area contributed by atoms with Crippen molar-refractivity contribution >= 4 is 0 Å². The van der Waals surface area contributed by atoms with Crippen molar-refractivity contribution in [2.75, 3.05) is 7.11 Å². The zero-order chi connectivity index (χ0) is 12.3. The Hall–Kier alpha value is -1.29. The van der Waals surface area contributed by atoms with Gasteiger partial charge in [-0.05, 0) is 25.7 Å². The van der Waals surface area contributed by atoms with Crippen LogP contribution in [-0.4, -0.2) is 22.0 Å². The van der Waals surface area contributed by atoms with Crippen molar-refractivity contribution < 1.29 is 9.84 Å². The third-order valence-corrected chi connectivity index (χ3v) is 3.33. The Kier molecular flexibility index (Phi) is 3.84. The summed E-state index contributed by atoms with van der Waals surface area (Å²) in [5.74, 6) is 0.663. The predicted octanol–water partition coefficient (Wildman–Crippen LogP) is 2.35. The van der Waals surface area contributed by atoms with E-state index in [4.69, 9.17) is 4.74 Å². The molecule has 0 fully saturated rings. The summed E-state index contributed by atoms with van der Waals surface area (Å²) >= 11 is 0. The molecule has 17 heavy (non-hydrogen) atoms. The maximum absolute atomic E-state index is 10.3. The first-order valence-corrected chi connectivity index (χ1v) is 6.14. The van der Waals surface area contributed by atoms with E-state index >= 15 is 0 Å². The number of methoxy groups -OCH3 is 1. The van der Waals surface area contributed by atoms with Crippen molar-refractivity contribution in [3.8, 4) is 5.75 Å². The van der Waals surface area contributed by atoms with Crippen LogP contribution in [0.15, 0.2) is 17.8 Å². The first-order valence-electron chi connectivity index (χ1n) is 6.14. The molecule has 1 unspecified atom stereocenters. The fourth-order valence-electron chi connectivity index (χ4n) is 2.40. The molecule has 4 nitrogen and oxygen atoms in total. The summed E-state index contributed by atoms with van der Waals surface area (Å²) in [6.45, 7) is 0. The molecule has 1 aromatic rings. The van der Waals surface area contributed by atoms with Gasteiger partial charge in [0.1, 0.15) is 11.8 Å². The fourth-order valence-corrected chi connectivity index (χ4v) is 2.40. The number of allylic oxidation sites excluding steroid dienone is 1. The molecule has 0 radical (unpaired) electrons. The molecule has 0 amide bonds. The lowest BCUT2D eigenvalue weighted by molar-refractivity contribution is 0.162. The van der Waals surface area contributed by atoms with Crippen LogP contribution in [-0.2, 0) is 7.05 Å². The maximum atomic E-state index is 10.3. The number of rotatable bonds is 4. The van der Waals surface area contributed by atoms with Gasteiger partial charge in [-0.1, -0.05) is 11.6 Å². The van der Waals surface area contributed by atoms with Crippen LogP contribution in [0.5, 0.6) is 5.75 Å². The van der Waals surface area contributed by atoms with Gasteiger partial charge in [-0.3, -0.25) is 4.68 Å². The molecule has 94 valence electrons. The smallest absolute Gasteiger partial charge is 0.162 e. The number of aromatic nitrogens is 2. The Labute approximate surface area is 102 Å². The Bertz CT molecular complexity index is 410. The van der Waals surface area contributed by atoms with E-state index in [9.17, 15) is 5.11 Å². The molecule has 0 bridgehead atoms. The van der Waals surface area contributed by atoms with Crippen molar-refractivity contribution in [3.63, 3.8) is 0 Å². The fraction of sp³-hybridized carbons (Fsp3) is 0.615. The van der Waals surface area contributed by atoms with Gasteiger partial charge >= 0.3 is 0 Å². The second-order valence-electron chi connectivity index (χ2n) is 4.55. The highest BCUT2D eigenvalue weighted by Crippen LogP contribution is 2.31. The summed E-state index contributed by atoms with van der Waals surface area (Å²) in [6, 6.07) is 0. The van der Waals surface area contributed by atoms with E-state index in [1.165, 1.54) is 18.4 Å². The Morgan fingerprint density at radius 1 is 1.53 bits per heavy atom. The first-order chi connectivity index (χ1) is 8.22. The molecule has 1 aliphatic carbocycles. The third kappa shape index (κ3) is 2.69. The van der Waals surface area contributed by atoms with Crippen LogP contribution >= 0.6 is 0 Å². The average molecular weight is 236 g/mol. The molecule has 0 saturated heterocycles. The number of aryl methyl sites for hydroxylation is 1. The standard InChI is InChI=1S/C13H20N2O2/c1-15-13(12(17-2)9-14-15)11(16)8-10-6-4-3-5-7-10/h6,9,11,16H,3-5,7-8H2,1-2H3. The largest absolute Gasteiger partial charge is 0.493 e. The van der Waals surface area contributed by atoms with Crippen LogP contribution in [0.3, 0.4) is 0 Å². The summed E-state index contributed by atoms with van der Waals surface area (Å²) in [7, 11) is 3.43. The van der Waals surface area contributed by atoms with Crippen molar-refractivity contribution in [2.24, 2.45) is 7.05 Å². The third-order valence-electron chi connectivity index (χ3n) is 3.33. The summed E-state index contributed by atoms with van der Waals surface area (Å²) in [4.78, 5) is 0. The zero-order valence-corrected chi connectivity index (χ0v) is 10.5. The van der Waals surface area contributed by atoms with E-state index in [0.717, 1.165) is 18.5 Å². The number of aliphatic hydroxyl groups is 1. The summed E-state index contributed by atoms with van der Waals surface area (Å²) in [5.41, 5.74) is 2.12. The highest BCUT2D eigenvalue weighted by molar-refractivity contribution is 5.28. The number of nitrogens with zero attached hydrogens (tertiary/aromatic N) is 2. The molecule has 0 aliphatic heterocycles. The van der Waals surface area contributed by atoms with Crippen molar-refractivity contribution in [3.05, 3.63) is 23.5 Å². The number of hydrogen-bond acceptors (Lipinski definition) is 3. The Balaban J connectivity index is 2.10. The van der Waals surface area contributed by atoms with Crippen LogP contribution in [0.25, 0.3) is 0 Å². The summed E-state index contributed by atoms with van der Waals surface area (Å²) in [6.07, 6.45) is 8.83. The van der Waals surface area contributed by atoms with Gasteiger partial charge in [0.15, 0.2) is 5.75 Å². The van der Waals surface area contributed by atoms with Crippen molar-refractivity contribution in [1.29, 1.82) is 0 Å². The van der Waals surface area contributed by atoms with Crippen LogP contribution in [0.4, 0.5) is 0 Å². The molecule has 2 rings (SSSR count). The Morgan fingerprint density at radius 2 is 2.35 bits per heavy atom. The van der Waals surface area contributed by atoms with E-state index in [0.29, 0.717) is 12.2 Å². The lowest BCUT2D eigenvalue weighted by Crippen LogP contribution is -2.08. The number of ether oxygens (including phenoxy) is 1. The molecule has 4 heteroatoms. The van der Waals surface area contributed by atoms with E-state index in [-0.39, 0.29) is 0 Å². The molecular formula is C13H20N2O2. The topological polar surface area (TPSA) is 47.3 Å². The molecular weight excluding hydrogens is 216 g/mol. The maximum Gasteiger partial charge on any atom is 0.162 e. The van der Waals surface area contributed by atoms with Crippen molar-refractivity contribution in [2.45, 2.75) is 38.2 Å². The van der Waals surface area contributed by atoms with Gasteiger partial charge in [-0.2, -0.15) is 5.10 Å². The second-order valence-corrected chi connectivity index (χ2v) is 4.55. The molecule has 1 atom stereocenters. The Morgan fingerprint density at radius 3 is 3.00 bits per heavy atom. The van der Waals surface area contributed by atoms with Gasteiger partial charge in [-0.15, -0.1) is 0 Å². The van der Waals surface area contributed by atoms with Gasteiger partial charge in [0.05, 0.1) is 13.3 Å². The SMILES string of the molecule is COc1cnn(C)c1C(O)CC1=CCCCC1. The zero-order valence-electron chi connectivity index (χ0n) is 10.5. The summed E-state index contributed by atoms with van der Waals surface area (Å²) < 4.78 is 6.90. The number of aliphatic hydroxyl groups excluding tert-OH is 1. The van der Waals surface area contributed by atoms with Crippen LogP contribution < -0.4 is 4.74 Å². The normalized spacial score (nSPS) is 17.7. The van der Waals surface area contributed by atoms with Gasteiger partial charge in [0.2, 0.25) is 0 Å². The molecule has 1 aromatic heterocycles. The second kappa shape index (κ2) is 5.36. The van der Waals surface area contributed by atoms with E-state index in [1.807, 2.05) is 7.05 Å². The lowest BCUT2D eigenvalue weighted by Gasteiger charge is -2.17. The highest BCUT2D eigenvalue weighted by atomic mass is 16.5. The van der Waals surface area contributed by atoms with Crippen LogP contribution in [0.1, 0.15) is 43.9 Å². The minimum absolute atomic E-state index is 0.526. The monoisotopic (exact) mass is 236 g/mol. The lowest BCUT2D eigenvalue weighted by atomic mass is 9.94. The van der Waals surface area contributed by atoms with Crippen LogP contribution in [0.2, 0.25) is 0 Å². The van der Waals surface area contributed by atoms with E-state index < -0.39 is 6.10 Å². The minimum atomic E-state index is -0.526. The van der Waals surface area contributed by atoms with Crippen LogP contribution in [0, 0.1) is 0 Å². The molecule has 0 spiro atoms. The van der Waals surface area contributed by atoms with Gasteiger partial charge < -0.3 is 9.84 Å². The van der Waals surface area contributed by atoms with E-state index in [1.54, 1.807) is 18.0 Å². The van der Waals surface area contributed by atoms with Gasteiger partial charge in [-0.25, -0.2) is 0 Å². The molecule has 1 N–H and O–H groups in total. The predicted molar refractivity (Wildman–Crippen MR) is 65.9 cm³/mol. The molecule has 1 aliphatic rings. The molecule has 0 saturated carbocycles. The van der Waals surface area contributed by atoms with Gasteiger partial charge in [0, 0.05) is 13.5 Å². The highest BCUT2D eigenvalue weighted by Gasteiger charge is 2.20. The summed E-state index contributed by atoms with van der Waals surface area (Å²) in [5, 5.41) is 14.4. The minimum Gasteiger partial charge on any atom is -0.493 e. The van der Waals surface area contributed by atoms with Gasteiger partial charge in [0.25, 0.3) is 0 Å². The molecule has 1 heterocycles. The molecule has 0 aromatic carbocycles.